The van der Waals surface area contributed by atoms with Crippen molar-refractivity contribution < 1.29 is 24.0 Å². The van der Waals surface area contributed by atoms with Gasteiger partial charge in [-0.05, 0) is 37.1 Å². The van der Waals surface area contributed by atoms with E-state index in [1.54, 1.807) is 56.3 Å². The number of esters is 2. The minimum absolute atomic E-state index is 0.0200. The van der Waals surface area contributed by atoms with E-state index in [0.29, 0.717) is 16.7 Å². The Bertz CT molecular complexity index is 1010. The molecule has 9 nitrogen and oxygen atoms in total. The Kier molecular flexibility index (Phi) is 6.85. The van der Waals surface area contributed by atoms with Gasteiger partial charge in [0.05, 0.1) is 30.8 Å². The molecular formula is C23H23N3O6. The van der Waals surface area contributed by atoms with Gasteiger partial charge in [-0.1, -0.05) is 42.5 Å². The number of nitrogens with zero attached hydrogens (tertiary/aromatic N) is 2. The Hall–Kier alpha value is -3.77. The first-order valence-electron chi connectivity index (χ1n) is 10.2. The average Bonchev–Trinajstić information content (AvgIpc) is 3.18. The van der Waals surface area contributed by atoms with Crippen LogP contribution in [0.5, 0.6) is 0 Å². The summed E-state index contributed by atoms with van der Waals surface area (Å²) in [6.07, 6.45) is 0. The van der Waals surface area contributed by atoms with Gasteiger partial charge in [-0.2, -0.15) is 5.26 Å². The van der Waals surface area contributed by atoms with E-state index in [2.05, 4.69) is 5.32 Å². The van der Waals surface area contributed by atoms with Crippen molar-refractivity contribution in [1.82, 2.24) is 5.32 Å². The Morgan fingerprint density at radius 1 is 1.03 bits per heavy atom. The van der Waals surface area contributed by atoms with E-state index in [1.807, 2.05) is 6.07 Å². The van der Waals surface area contributed by atoms with Crippen LogP contribution in [-0.4, -0.2) is 41.7 Å². The van der Waals surface area contributed by atoms with Gasteiger partial charge in [-0.3, -0.25) is 15.4 Å². The molecule has 1 aliphatic heterocycles. The molecule has 32 heavy (non-hydrogen) atoms. The van der Waals surface area contributed by atoms with Gasteiger partial charge < -0.3 is 9.47 Å². The maximum Gasteiger partial charge on any atom is 0.339 e. The zero-order chi connectivity index (χ0) is 23.3. The molecule has 0 bridgehead atoms. The van der Waals surface area contributed by atoms with Gasteiger partial charge in [-0.15, -0.1) is 0 Å². The van der Waals surface area contributed by atoms with Gasteiger partial charge in [0, 0.05) is 4.92 Å². The molecule has 166 valence electrons. The average molecular weight is 437 g/mol. The van der Waals surface area contributed by atoms with E-state index < -0.39 is 40.4 Å². The molecule has 2 aromatic rings. The summed E-state index contributed by atoms with van der Waals surface area (Å²) in [5, 5.41) is 24.4. The maximum absolute atomic E-state index is 13.3. The van der Waals surface area contributed by atoms with E-state index in [4.69, 9.17) is 14.7 Å². The molecule has 0 amide bonds. The number of benzene rings is 2. The van der Waals surface area contributed by atoms with E-state index in [0.717, 1.165) is 0 Å². The highest BCUT2D eigenvalue weighted by Crippen LogP contribution is 2.47. The highest BCUT2D eigenvalue weighted by molar-refractivity contribution is 6.07. The van der Waals surface area contributed by atoms with E-state index >= 15 is 0 Å². The smallest absolute Gasteiger partial charge is 0.339 e. The number of carbonyl (C=O) groups excluding carboxylic acids is 2. The maximum atomic E-state index is 13.3. The van der Waals surface area contributed by atoms with Crippen LogP contribution in [0.4, 0.5) is 0 Å². The van der Waals surface area contributed by atoms with Gasteiger partial charge in [0.1, 0.15) is 6.04 Å². The lowest BCUT2D eigenvalue weighted by Gasteiger charge is -2.30. The first kappa shape index (κ1) is 22.9. The molecule has 1 saturated heterocycles. The molecule has 0 aromatic heterocycles. The lowest BCUT2D eigenvalue weighted by molar-refractivity contribution is -0.527. The third kappa shape index (κ3) is 3.92. The highest BCUT2D eigenvalue weighted by Gasteiger charge is 2.69. The van der Waals surface area contributed by atoms with Crippen molar-refractivity contribution in [2.24, 2.45) is 0 Å². The first-order chi connectivity index (χ1) is 15.4. The minimum Gasteiger partial charge on any atom is -0.464 e. The molecule has 1 aliphatic rings. The minimum atomic E-state index is -2.12. The molecule has 1 fully saturated rings. The van der Waals surface area contributed by atoms with Gasteiger partial charge in [-0.25, -0.2) is 9.59 Å². The molecule has 9 heteroatoms. The van der Waals surface area contributed by atoms with E-state index in [-0.39, 0.29) is 13.2 Å². The Morgan fingerprint density at radius 2 is 1.59 bits per heavy atom. The quantitative estimate of drug-likeness (QED) is 0.302. The summed E-state index contributed by atoms with van der Waals surface area (Å²) >= 11 is 0. The number of ether oxygens (including phenoxy) is 2. The monoisotopic (exact) mass is 437 g/mol. The Labute approximate surface area is 185 Å². The van der Waals surface area contributed by atoms with E-state index in [9.17, 15) is 19.7 Å². The molecule has 0 radical (unpaired) electrons. The predicted octanol–water partition coefficient (Wildman–Crippen LogP) is 2.50. The predicted molar refractivity (Wildman–Crippen MR) is 113 cm³/mol. The second-order valence-corrected chi connectivity index (χ2v) is 7.27. The fourth-order valence-electron chi connectivity index (χ4n) is 4.21. The molecule has 0 spiro atoms. The molecule has 0 saturated carbocycles. The van der Waals surface area contributed by atoms with Crippen molar-refractivity contribution in [1.29, 1.82) is 5.26 Å². The SMILES string of the molecule is CCOC(=O)C1(C(=O)OCC)N[C@H](c2ccc(C#N)cc2)[C@H]([N+](=O)[O-])[C@H]1c1ccccc1. The van der Waals surface area contributed by atoms with Crippen LogP contribution in [0.3, 0.4) is 0 Å². The van der Waals surface area contributed by atoms with E-state index in [1.165, 1.54) is 12.1 Å². The normalized spacial score (nSPS) is 21.3. The van der Waals surface area contributed by atoms with Gasteiger partial charge in [0.15, 0.2) is 0 Å². The summed E-state index contributed by atoms with van der Waals surface area (Å²) in [5.41, 5.74) is -0.851. The molecular weight excluding hydrogens is 414 g/mol. The van der Waals surface area contributed by atoms with Crippen LogP contribution in [0.2, 0.25) is 0 Å². The summed E-state index contributed by atoms with van der Waals surface area (Å²) in [6, 6.07) is 14.2. The zero-order valence-electron chi connectivity index (χ0n) is 17.7. The number of rotatable bonds is 7. The first-order valence-corrected chi connectivity index (χ1v) is 10.2. The number of hydrogen-bond acceptors (Lipinski definition) is 8. The van der Waals surface area contributed by atoms with Crippen molar-refractivity contribution >= 4 is 11.9 Å². The Morgan fingerprint density at radius 3 is 2.06 bits per heavy atom. The van der Waals surface area contributed by atoms with Crippen molar-refractivity contribution in [3.8, 4) is 6.07 Å². The summed E-state index contributed by atoms with van der Waals surface area (Å²) in [5.74, 6) is -3.07. The fourth-order valence-corrected chi connectivity index (χ4v) is 4.21. The van der Waals surface area contributed by atoms with Crippen LogP contribution in [0, 0.1) is 21.4 Å². The van der Waals surface area contributed by atoms with Crippen molar-refractivity contribution in [3.63, 3.8) is 0 Å². The number of nitro groups is 1. The molecule has 3 atom stereocenters. The fraction of sp³-hybridized carbons (Fsp3) is 0.348. The lowest BCUT2D eigenvalue weighted by atomic mass is 9.77. The second kappa shape index (κ2) is 9.58. The Balaban J connectivity index is 2.26. The highest BCUT2D eigenvalue weighted by atomic mass is 16.6. The number of carbonyl (C=O) groups is 2. The summed E-state index contributed by atoms with van der Waals surface area (Å²) < 4.78 is 10.5. The van der Waals surface area contributed by atoms with Crippen molar-refractivity contribution in [3.05, 3.63) is 81.4 Å². The molecule has 2 aromatic carbocycles. The zero-order valence-corrected chi connectivity index (χ0v) is 17.7. The van der Waals surface area contributed by atoms with Crippen LogP contribution >= 0.6 is 0 Å². The largest absolute Gasteiger partial charge is 0.464 e. The standard InChI is InChI=1S/C23H23N3O6/c1-3-31-21(27)23(22(28)32-4-2)18(16-8-6-5-7-9-16)20(26(29)30)19(25-23)17-12-10-15(14-24)11-13-17/h5-13,18-20,25H,3-4H2,1-2H3/t18-,19-,20-/m1/s1. The molecule has 1 N–H and O–H groups in total. The van der Waals surface area contributed by atoms with Crippen LogP contribution in [0.25, 0.3) is 0 Å². The van der Waals surface area contributed by atoms with Crippen LogP contribution in [-0.2, 0) is 19.1 Å². The second-order valence-electron chi connectivity index (χ2n) is 7.27. The molecule has 3 rings (SSSR count). The number of nitriles is 1. The number of nitrogens with one attached hydrogen (secondary N) is 1. The van der Waals surface area contributed by atoms with Crippen LogP contribution in [0.15, 0.2) is 54.6 Å². The van der Waals surface area contributed by atoms with Gasteiger partial charge in [0.2, 0.25) is 11.6 Å². The van der Waals surface area contributed by atoms with Crippen LogP contribution in [0.1, 0.15) is 42.5 Å². The molecule has 0 aliphatic carbocycles. The van der Waals surface area contributed by atoms with Crippen LogP contribution < -0.4 is 5.32 Å². The third-order valence-electron chi connectivity index (χ3n) is 5.53. The molecule has 1 heterocycles. The summed E-state index contributed by atoms with van der Waals surface area (Å²) in [6.45, 7) is 3.14. The summed E-state index contributed by atoms with van der Waals surface area (Å²) in [7, 11) is 0. The van der Waals surface area contributed by atoms with Gasteiger partial charge in [0.25, 0.3) is 0 Å². The van der Waals surface area contributed by atoms with Gasteiger partial charge >= 0.3 is 11.9 Å². The number of hydrogen-bond donors (Lipinski definition) is 1. The topological polar surface area (TPSA) is 132 Å². The third-order valence-corrected chi connectivity index (χ3v) is 5.53. The van der Waals surface area contributed by atoms with Crippen molar-refractivity contribution in [2.75, 3.05) is 13.2 Å². The summed E-state index contributed by atoms with van der Waals surface area (Å²) in [4.78, 5) is 38.4. The van der Waals surface area contributed by atoms with Crippen molar-refractivity contribution in [2.45, 2.75) is 37.4 Å². The molecule has 0 unspecified atom stereocenters. The lowest BCUT2D eigenvalue weighted by Crippen LogP contribution is -2.60.